The number of nitrogens with one attached hydrogen (secondary N) is 1. The molecule has 2 fully saturated rings. The summed E-state index contributed by atoms with van der Waals surface area (Å²) in [5, 5.41) is 8.68. The molecule has 0 spiro atoms. The first-order valence-corrected chi connectivity index (χ1v) is 9.70. The molecule has 0 radical (unpaired) electrons. The van der Waals surface area contributed by atoms with Crippen molar-refractivity contribution in [2.75, 3.05) is 20.3 Å². The highest BCUT2D eigenvalue weighted by Crippen LogP contribution is 2.27. The third-order valence-electron chi connectivity index (χ3n) is 5.89. The molecule has 3 aromatic rings. The molecule has 5 rings (SSSR count). The fourth-order valence-electron chi connectivity index (χ4n) is 4.35. The van der Waals surface area contributed by atoms with Crippen LogP contribution in [0.4, 0.5) is 0 Å². The fourth-order valence-corrected chi connectivity index (χ4v) is 4.35. The van der Waals surface area contributed by atoms with E-state index in [4.69, 9.17) is 4.74 Å². The average Bonchev–Trinajstić information content (AvgIpc) is 3.09. The summed E-state index contributed by atoms with van der Waals surface area (Å²) in [5.74, 6) is 0.572. The van der Waals surface area contributed by atoms with E-state index >= 15 is 0 Å². The topological polar surface area (TPSA) is 72.3 Å². The van der Waals surface area contributed by atoms with Crippen molar-refractivity contribution >= 4 is 16.8 Å². The number of morpholine rings is 1. The highest BCUT2D eigenvalue weighted by Gasteiger charge is 2.37. The smallest absolute Gasteiger partial charge is 0.272 e. The van der Waals surface area contributed by atoms with Gasteiger partial charge in [0.1, 0.15) is 0 Å². The summed E-state index contributed by atoms with van der Waals surface area (Å²) in [4.78, 5) is 19.9. The molecule has 2 aromatic heterocycles. The Labute approximate surface area is 163 Å². The second-order valence-corrected chi connectivity index (χ2v) is 7.62. The molecule has 1 amide bonds. The van der Waals surface area contributed by atoms with Crippen LogP contribution in [-0.2, 0) is 4.74 Å². The van der Waals surface area contributed by atoms with Gasteiger partial charge in [0.05, 0.1) is 18.7 Å². The van der Waals surface area contributed by atoms with Crippen LogP contribution in [0.1, 0.15) is 23.3 Å². The Morgan fingerprint density at radius 1 is 1.11 bits per heavy atom. The fraction of sp³-hybridized carbons (Fsp3) is 0.381. The lowest BCUT2D eigenvalue weighted by Crippen LogP contribution is -2.59. The number of amides is 1. The molecule has 2 saturated heterocycles. The monoisotopic (exact) mass is 377 g/mol. The van der Waals surface area contributed by atoms with Crippen LogP contribution in [-0.4, -0.2) is 64.0 Å². The molecule has 1 N–H and O–H groups in total. The maximum Gasteiger partial charge on any atom is 0.272 e. The molecule has 28 heavy (non-hydrogen) atoms. The lowest BCUT2D eigenvalue weighted by Gasteiger charge is -2.46. The van der Waals surface area contributed by atoms with Gasteiger partial charge in [-0.25, -0.2) is 9.67 Å². The van der Waals surface area contributed by atoms with Gasteiger partial charge in [-0.15, -0.1) is 0 Å². The van der Waals surface area contributed by atoms with E-state index in [-0.39, 0.29) is 11.9 Å². The summed E-state index contributed by atoms with van der Waals surface area (Å²) in [5.41, 5.74) is 1.32. The van der Waals surface area contributed by atoms with Crippen molar-refractivity contribution in [1.82, 2.24) is 25.0 Å². The minimum absolute atomic E-state index is 0.126. The first-order valence-electron chi connectivity index (χ1n) is 9.70. The first kappa shape index (κ1) is 17.3. The Balaban J connectivity index is 1.44. The Kier molecular flexibility index (Phi) is 4.33. The number of aromatic nitrogens is 3. The van der Waals surface area contributed by atoms with Crippen molar-refractivity contribution in [3.63, 3.8) is 0 Å². The van der Waals surface area contributed by atoms with Gasteiger partial charge in [-0.2, -0.15) is 5.10 Å². The van der Waals surface area contributed by atoms with E-state index in [0.29, 0.717) is 23.6 Å². The van der Waals surface area contributed by atoms with E-state index in [1.807, 2.05) is 42.5 Å². The first-order chi connectivity index (χ1) is 13.7. The Morgan fingerprint density at radius 2 is 1.86 bits per heavy atom. The zero-order valence-corrected chi connectivity index (χ0v) is 15.8. The lowest BCUT2D eigenvalue weighted by atomic mass is 9.90. The van der Waals surface area contributed by atoms with Gasteiger partial charge in [0.2, 0.25) is 0 Å². The third-order valence-corrected chi connectivity index (χ3v) is 5.89. The molecule has 1 unspecified atom stereocenters. The number of hydrogen-bond acceptors (Lipinski definition) is 5. The van der Waals surface area contributed by atoms with E-state index in [1.165, 1.54) is 0 Å². The maximum atomic E-state index is 13.1. The molecule has 2 aliphatic rings. The standard InChI is InChI=1S/C21H23N5O2/c1-25-15-10-14(11-16(25)13-28-12-15)23-21(27)20-17-6-2-3-7-18(17)26(24-20)19-8-4-5-9-22-19/h2-9,14-16H,10-13H2,1H3,(H,23,27)/t14?,15-,16+. The predicted octanol–water partition coefficient (Wildman–Crippen LogP) is 2.01. The average molecular weight is 377 g/mol. The van der Waals surface area contributed by atoms with Crippen molar-refractivity contribution < 1.29 is 9.53 Å². The van der Waals surface area contributed by atoms with Crippen LogP contribution >= 0.6 is 0 Å². The maximum absolute atomic E-state index is 13.1. The predicted molar refractivity (Wildman–Crippen MR) is 106 cm³/mol. The third kappa shape index (κ3) is 2.96. The summed E-state index contributed by atoms with van der Waals surface area (Å²) in [6.45, 7) is 1.47. The summed E-state index contributed by atoms with van der Waals surface area (Å²) in [6, 6.07) is 14.3. The van der Waals surface area contributed by atoms with E-state index < -0.39 is 0 Å². The number of piperidine rings is 1. The number of pyridine rings is 1. The van der Waals surface area contributed by atoms with Crippen LogP contribution in [0, 0.1) is 0 Å². The van der Waals surface area contributed by atoms with Gasteiger partial charge < -0.3 is 10.1 Å². The second-order valence-electron chi connectivity index (χ2n) is 7.62. The van der Waals surface area contributed by atoms with Crippen molar-refractivity contribution in [3.8, 4) is 5.82 Å². The number of hydrogen-bond donors (Lipinski definition) is 1. The molecule has 144 valence electrons. The molecule has 0 aliphatic carbocycles. The number of likely N-dealkylation sites (N-methyl/N-ethyl adjacent to an activating group) is 1. The van der Waals surface area contributed by atoms with Gasteiger partial charge in [-0.05, 0) is 38.1 Å². The Hall–Kier alpha value is -2.77. The van der Waals surface area contributed by atoms with Gasteiger partial charge >= 0.3 is 0 Å². The summed E-state index contributed by atoms with van der Waals surface area (Å²) in [6.07, 6.45) is 3.53. The zero-order valence-electron chi connectivity index (χ0n) is 15.8. The van der Waals surface area contributed by atoms with E-state index in [9.17, 15) is 4.79 Å². The lowest BCUT2D eigenvalue weighted by molar-refractivity contribution is -0.0670. The molecular weight excluding hydrogens is 354 g/mol. The molecule has 7 nitrogen and oxygen atoms in total. The van der Waals surface area contributed by atoms with Gasteiger partial charge in [-0.1, -0.05) is 24.3 Å². The van der Waals surface area contributed by atoms with Crippen LogP contribution in [0.15, 0.2) is 48.7 Å². The molecule has 2 aliphatic heterocycles. The molecule has 3 atom stereocenters. The van der Waals surface area contributed by atoms with Crippen molar-refractivity contribution in [2.24, 2.45) is 0 Å². The summed E-state index contributed by atoms with van der Waals surface area (Å²) >= 11 is 0. The van der Waals surface area contributed by atoms with Crippen LogP contribution < -0.4 is 5.32 Å². The van der Waals surface area contributed by atoms with Crippen LogP contribution in [0.25, 0.3) is 16.7 Å². The quantitative estimate of drug-likeness (QED) is 0.756. The van der Waals surface area contributed by atoms with Crippen molar-refractivity contribution in [3.05, 3.63) is 54.4 Å². The van der Waals surface area contributed by atoms with Gasteiger partial charge in [-0.3, -0.25) is 9.69 Å². The molecule has 0 saturated carbocycles. The summed E-state index contributed by atoms with van der Waals surface area (Å²) in [7, 11) is 2.15. The van der Waals surface area contributed by atoms with Gasteiger partial charge in [0.25, 0.3) is 5.91 Å². The normalized spacial score (nSPS) is 25.0. The minimum atomic E-state index is -0.126. The van der Waals surface area contributed by atoms with E-state index in [1.54, 1.807) is 10.9 Å². The SMILES string of the molecule is CN1[C@@H]2COC[C@H]1CC(NC(=O)c1nn(-c3ccccn3)c3ccccc13)C2. The molecule has 4 heterocycles. The zero-order chi connectivity index (χ0) is 19.1. The number of nitrogens with zero attached hydrogens (tertiary/aromatic N) is 4. The molecular formula is C21H23N5O2. The molecule has 2 bridgehead atoms. The van der Waals surface area contributed by atoms with Crippen molar-refractivity contribution in [2.45, 2.75) is 31.0 Å². The van der Waals surface area contributed by atoms with Crippen molar-refractivity contribution in [1.29, 1.82) is 0 Å². The number of benzene rings is 1. The number of rotatable bonds is 3. The number of fused-ring (bicyclic) bond motifs is 3. The van der Waals surface area contributed by atoms with E-state index in [2.05, 4.69) is 27.3 Å². The van der Waals surface area contributed by atoms with Gasteiger partial charge in [0.15, 0.2) is 11.5 Å². The van der Waals surface area contributed by atoms with E-state index in [0.717, 1.165) is 37.0 Å². The Bertz CT molecular complexity index is 988. The minimum Gasteiger partial charge on any atom is -0.378 e. The Morgan fingerprint density at radius 3 is 2.61 bits per heavy atom. The summed E-state index contributed by atoms with van der Waals surface area (Å²) < 4.78 is 7.42. The highest BCUT2D eigenvalue weighted by molar-refractivity contribution is 6.05. The highest BCUT2D eigenvalue weighted by atomic mass is 16.5. The van der Waals surface area contributed by atoms with Crippen LogP contribution in [0.5, 0.6) is 0 Å². The van der Waals surface area contributed by atoms with Gasteiger partial charge in [0, 0.05) is 29.7 Å². The largest absolute Gasteiger partial charge is 0.378 e. The number of ether oxygens (including phenoxy) is 1. The molecule has 7 heteroatoms. The second kappa shape index (κ2) is 7.00. The van der Waals surface area contributed by atoms with Crippen LogP contribution in [0.3, 0.4) is 0 Å². The number of carbonyl (C=O) groups excluding carboxylic acids is 1. The molecule has 1 aromatic carbocycles. The number of para-hydroxylation sites is 1. The number of carbonyl (C=O) groups is 1. The van der Waals surface area contributed by atoms with Crippen LogP contribution in [0.2, 0.25) is 0 Å².